The summed E-state index contributed by atoms with van der Waals surface area (Å²) in [5.74, 6) is 4.66. The van der Waals surface area contributed by atoms with Crippen molar-refractivity contribution in [3.8, 4) is 0 Å². The Hall–Kier alpha value is -1.92. The molecule has 1 unspecified atom stereocenters. The minimum atomic E-state index is -0.607. The Balaban J connectivity index is 2.21. The van der Waals surface area contributed by atoms with E-state index < -0.39 is 17.7 Å². The minimum absolute atomic E-state index is 0.243. The first-order valence-corrected chi connectivity index (χ1v) is 5.37. The van der Waals surface area contributed by atoms with E-state index in [2.05, 4.69) is 15.4 Å². The Labute approximate surface area is 103 Å². The smallest absolute Gasteiger partial charge is 0.146 e. The lowest BCUT2D eigenvalue weighted by Gasteiger charge is -2.14. The van der Waals surface area contributed by atoms with E-state index in [0.717, 1.165) is 6.07 Å². The summed E-state index contributed by atoms with van der Waals surface area (Å²) in [6.45, 7) is 0. The van der Waals surface area contributed by atoms with E-state index in [9.17, 15) is 8.78 Å². The largest absolute Gasteiger partial charge is 0.271 e. The molecular weight excluding hydrogens is 238 g/mol. The SMILES string of the molecule is NNC(Cc1ccc(F)cc1F)c1ncccn1. The van der Waals surface area contributed by atoms with Crippen molar-refractivity contribution in [3.05, 3.63) is 59.7 Å². The lowest BCUT2D eigenvalue weighted by Crippen LogP contribution is -2.31. The highest BCUT2D eigenvalue weighted by Crippen LogP contribution is 2.17. The quantitative estimate of drug-likeness (QED) is 0.637. The number of hydrogen-bond donors (Lipinski definition) is 2. The van der Waals surface area contributed by atoms with Gasteiger partial charge in [0.25, 0.3) is 0 Å². The number of aromatic nitrogens is 2. The Bertz CT molecular complexity index is 519. The van der Waals surface area contributed by atoms with Crippen LogP contribution in [0.4, 0.5) is 8.78 Å². The summed E-state index contributed by atoms with van der Waals surface area (Å²) in [6, 6.07) is 4.69. The molecule has 1 heterocycles. The molecule has 0 aliphatic rings. The van der Waals surface area contributed by atoms with Crippen LogP contribution in [0.25, 0.3) is 0 Å². The van der Waals surface area contributed by atoms with E-state index in [1.54, 1.807) is 18.5 Å². The van der Waals surface area contributed by atoms with Crippen molar-refractivity contribution in [1.82, 2.24) is 15.4 Å². The number of halogens is 2. The molecule has 18 heavy (non-hydrogen) atoms. The molecular formula is C12H12F2N4. The summed E-state index contributed by atoms with van der Waals surface area (Å²) >= 11 is 0. The van der Waals surface area contributed by atoms with Gasteiger partial charge in [-0.2, -0.15) is 0 Å². The molecule has 1 atom stereocenters. The second-order valence-corrected chi connectivity index (χ2v) is 3.77. The van der Waals surface area contributed by atoms with Crippen molar-refractivity contribution in [2.24, 2.45) is 5.84 Å². The van der Waals surface area contributed by atoms with Crippen LogP contribution in [0.3, 0.4) is 0 Å². The van der Waals surface area contributed by atoms with Crippen LogP contribution < -0.4 is 11.3 Å². The molecule has 4 nitrogen and oxygen atoms in total. The molecule has 2 rings (SSSR count). The molecule has 3 N–H and O–H groups in total. The summed E-state index contributed by atoms with van der Waals surface area (Å²) in [5.41, 5.74) is 2.88. The highest BCUT2D eigenvalue weighted by molar-refractivity contribution is 5.20. The number of nitrogens with two attached hydrogens (primary N) is 1. The van der Waals surface area contributed by atoms with Crippen molar-refractivity contribution in [3.63, 3.8) is 0 Å². The molecule has 0 aliphatic heterocycles. The van der Waals surface area contributed by atoms with E-state index in [0.29, 0.717) is 11.4 Å². The molecule has 1 aromatic heterocycles. The second kappa shape index (κ2) is 5.61. The molecule has 0 amide bonds. The van der Waals surface area contributed by atoms with Gasteiger partial charge in [0.05, 0.1) is 6.04 Å². The van der Waals surface area contributed by atoms with Crippen LogP contribution in [0.1, 0.15) is 17.4 Å². The predicted molar refractivity (Wildman–Crippen MR) is 62.2 cm³/mol. The normalized spacial score (nSPS) is 12.4. The molecule has 0 bridgehead atoms. The third-order valence-electron chi connectivity index (χ3n) is 2.54. The van der Waals surface area contributed by atoms with Crippen LogP contribution in [0.5, 0.6) is 0 Å². The zero-order valence-electron chi connectivity index (χ0n) is 9.48. The average molecular weight is 250 g/mol. The lowest BCUT2D eigenvalue weighted by molar-refractivity contribution is 0.502. The molecule has 1 aromatic carbocycles. The number of rotatable bonds is 4. The van der Waals surface area contributed by atoms with Crippen LogP contribution in [0, 0.1) is 11.6 Å². The van der Waals surface area contributed by atoms with E-state index in [4.69, 9.17) is 5.84 Å². The van der Waals surface area contributed by atoms with E-state index in [-0.39, 0.29) is 6.42 Å². The van der Waals surface area contributed by atoms with Crippen LogP contribution in [-0.2, 0) is 6.42 Å². The van der Waals surface area contributed by atoms with Crippen molar-refractivity contribution >= 4 is 0 Å². The Morgan fingerprint density at radius 2 is 1.94 bits per heavy atom. The fraction of sp³-hybridized carbons (Fsp3) is 0.167. The van der Waals surface area contributed by atoms with Gasteiger partial charge in [0.2, 0.25) is 0 Å². The van der Waals surface area contributed by atoms with Crippen LogP contribution in [-0.4, -0.2) is 9.97 Å². The van der Waals surface area contributed by atoms with E-state index in [1.165, 1.54) is 12.1 Å². The zero-order valence-corrected chi connectivity index (χ0v) is 9.48. The fourth-order valence-electron chi connectivity index (χ4n) is 1.62. The van der Waals surface area contributed by atoms with Crippen LogP contribution >= 0.6 is 0 Å². The molecule has 0 saturated heterocycles. The Kier molecular flexibility index (Phi) is 3.91. The summed E-state index contributed by atoms with van der Waals surface area (Å²) in [5, 5.41) is 0. The average Bonchev–Trinajstić information content (AvgIpc) is 2.39. The second-order valence-electron chi connectivity index (χ2n) is 3.77. The molecule has 0 aliphatic carbocycles. The van der Waals surface area contributed by atoms with Gasteiger partial charge >= 0.3 is 0 Å². The summed E-state index contributed by atoms with van der Waals surface area (Å²) < 4.78 is 26.3. The van der Waals surface area contributed by atoms with Crippen LogP contribution in [0.15, 0.2) is 36.7 Å². The molecule has 94 valence electrons. The molecule has 0 radical (unpaired) electrons. The van der Waals surface area contributed by atoms with Crippen molar-refractivity contribution in [1.29, 1.82) is 0 Å². The maximum Gasteiger partial charge on any atom is 0.146 e. The number of nitrogens with zero attached hydrogens (tertiary/aromatic N) is 2. The zero-order chi connectivity index (χ0) is 13.0. The highest BCUT2D eigenvalue weighted by atomic mass is 19.1. The summed E-state index contributed by atoms with van der Waals surface area (Å²) in [7, 11) is 0. The predicted octanol–water partition coefficient (Wildman–Crippen LogP) is 1.50. The monoisotopic (exact) mass is 250 g/mol. The van der Waals surface area contributed by atoms with Gasteiger partial charge in [0, 0.05) is 18.5 Å². The van der Waals surface area contributed by atoms with Gasteiger partial charge in [0.1, 0.15) is 17.5 Å². The first kappa shape index (κ1) is 12.5. The Morgan fingerprint density at radius 3 is 2.56 bits per heavy atom. The Morgan fingerprint density at radius 1 is 1.22 bits per heavy atom. The van der Waals surface area contributed by atoms with E-state index in [1.807, 2.05) is 0 Å². The molecule has 0 spiro atoms. The van der Waals surface area contributed by atoms with Gasteiger partial charge in [0.15, 0.2) is 0 Å². The van der Waals surface area contributed by atoms with E-state index >= 15 is 0 Å². The molecule has 2 aromatic rings. The number of hydrogen-bond acceptors (Lipinski definition) is 4. The maximum atomic E-state index is 13.5. The third kappa shape index (κ3) is 2.85. The van der Waals surface area contributed by atoms with Gasteiger partial charge < -0.3 is 0 Å². The topological polar surface area (TPSA) is 63.8 Å². The maximum absolute atomic E-state index is 13.5. The third-order valence-corrected chi connectivity index (χ3v) is 2.54. The van der Waals surface area contributed by atoms with Crippen LogP contribution in [0.2, 0.25) is 0 Å². The minimum Gasteiger partial charge on any atom is -0.271 e. The van der Waals surface area contributed by atoms with Crippen molar-refractivity contribution in [2.75, 3.05) is 0 Å². The number of hydrazine groups is 1. The molecule has 6 heteroatoms. The highest BCUT2D eigenvalue weighted by Gasteiger charge is 2.15. The first-order chi connectivity index (χ1) is 8.70. The summed E-state index contributed by atoms with van der Waals surface area (Å²) in [6.07, 6.45) is 3.40. The van der Waals surface area contributed by atoms with Gasteiger partial charge in [-0.05, 0) is 24.1 Å². The number of nitrogens with one attached hydrogen (secondary N) is 1. The van der Waals surface area contributed by atoms with Gasteiger partial charge in [-0.1, -0.05) is 6.07 Å². The molecule has 0 saturated carbocycles. The molecule has 0 fully saturated rings. The standard InChI is InChI=1S/C12H12F2N4/c13-9-3-2-8(10(14)7-9)6-11(18-15)12-16-4-1-5-17-12/h1-5,7,11,18H,6,15H2. The van der Waals surface area contributed by atoms with Gasteiger partial charge in [-0.15, -0.1) is 0 Å². The van der Waals surface area contributed by atoms with Gasteiger partial charge in [-0.25, -0.2) is 24.2 Å². The fourth-order valence-corrected chi connectivity index (χ4v) is 1.62. The lowest BCUT2D eigenvalue weighted by atomic mass is 10.1. The summed E-state index contributed by atoms with van der Waals surface area (Å²) in [4.78, 5) is 8.09. The van der Waals surface area contributed by atoms with Crippen molar-refractivity contribution < 1.29 is 8.78 Å². The first-order valence-electron chi connectivity index (χ1n) is 5.37. The van der Waals surface area contributed by atoms with Crippen molar-refractivity contribution in [2.45, 2.75) is 12.5 Å². The van der Waals surface area contributed by atoms with Gasteiger partial charge in [-0.3, -0.25) is 5.84 Å². The number of benzene rings is 1.